The Labute approximate surface area is 100 Å². The van der Waals surface area contributed by atoms with Gasteiger partial charge in [0.1, 0.15) is 0 Å². The van der Waals surface area contributed by atoms with Gasteiger partial charge in [0, 0.05) is 22.2 Å². The highest BCUT2D eigenvalue weighted by Crippen LogP contribution is 2.27. The van der Waals surface area contributed by atoms with Crippen molar-refractivity contribution in [2.45, 2.75) is 12.8 Å². The van der Waals surface area contributed by atoms with Crippen molar-refractivity contribution < 1.29 is 0 Å². The summed E-state index contributed by atoms with van der Waals surface area (Å²) < 4.78 is 0. The van der Waals surface area contributed by atoms with Crippen molar-refractivity contribution in [3.63, 3.8) is 0 Å². The topological polar surface area (TPSA) is 12.0 Å². The number of benzene rings is 1. The Kier molecular flexibility index (Phi) is 3.68. The quantitative estimate of drug-likeness (QED) is 0.790. The van der Waals surface area contributed by atoms with E-state index in [9.17, 15) is 0 Å². The molecule has 1 aliphatic heterocycles. The minimum Gasteiger partial charge on any atom is -0.313 e. The third kappa shape index (κ3) is 2.75. The summed E-state index contributed by atoms with van der Waals surface area (Å²) in [5.74, 6) is 0. The maximum absolute atomic E-state index is 6.10. The van der Waals surface area contributed by atoms with Crippen LogP contribution in [0, 0.1) is 0 Å². The van der Waals surface area contributed by atoms with E-state index in [-0.39, 0.29) is 0 Å². The Bertz CT molecular complexity index is 357. The Hall–Kier alpha value is -0.500. The van der Waals surface area contributed by atoms with Gasteiger partial charge in [0.15, 0.2) is 0 Å². The molecule has 0 bridgehead atoms. The van der Waals surface area contributed by atoms with Crippen molar-refractivity contribution in [2.75, 3.05) is 13.1 Å². The molecule has 0 atom stereocenters. The number of piperidine rings is 1. The Morgan fingerprint density at radius 1 is 1.20 bits per heavy atom. The van der Waals surface area contributed by atoms with Crippen molar-refractivity contribution >= 4 is 29.3 Å². The fraction of sp³-hybridized carbons (Fsp3) is 0.333. The normalized spacial score (nSPS) is 19.5. The number of rotatable bonds is 1. The van der Waals surface area contributed by atoms with Gasteiger partial charge in [0.25, 0.3) is 0 Å². The second-order valence-electron chi connectivity index (χ2n) is 3.72. The molecule has 1 aromatic rings. The second kappa shape index (κ2) is 5.02. The predicted octanol–water partition coefficient (Wildman–Crippen LogP) is 3.76. The SMILES string of the molecule is Clc1cccc(Cl)c1C=C1CCCNC1. The predicted molar refractivity (Wildman–Crippen MR) is 66.5 cm³/mol. The summed E-state index contributed by atoms with van der Waals surface area (Å²) in [6, 6.07) is 5.61. The zero-order chi connectivity index (χ0) is 10.7. The number of hydrogen-bond acceptors (Lipinski definition) is 1. The van der Waals surface area contributed by atoms with Crippen molar-refractivity contribution in [1.82, 2.24) is 5.32 Å². The number of hydrogen-bond donors (Lipinski definition) is 1. The average Bonchev–Trinajstić information content (AvgIpc) is 2.25. The van der Waals surface area contributed by atoms with E-state index in [1.54, 1.807) is 0 Å². The second-order valence-corrected chi connectivity index (χ2v) is 4.53. The summed E-state index contributed by atoms with van der Waals surface area (Å²) in [4.78, 5) is 0. The molecule has 0 radical (unpaired) electrons. The van der Waals surface area contributed by atoms with Crippen molar-refractivity contribution in [1.29, 1.82) is 0 Å². The molecule has 80 valence electrons. The van der Waals surface area contributed by atoms with E-state index in [1.807, 2.05) is 18.2 Å². The Balaban J connectivity index is 2.29. The lowest BCUT2D eigenvalue weighted by atomic mass is 10.0. The highest BCUT2D eigenvalue weighted by Gasteiger charge is 2.07. The molecule has 0 unspecified atom stereocenters. The fourth-order valence-electron chi connectivity index (χ4n) is 1.75. The minimum absolute atomic E-state index is 0.723. The van der Waals surface area contributed by atoms with E-state index in [1.165, 1.54) is 12.0 Å². The van der Waals surface area contributed by atoms with Crippen LogP contribution in [-0.2, 0) is 0 Å². The molecule has 0 spiro atoms. The van der Waals surface area contributed by atoms with Crippen LogP contribution >= 0.6 is 23.2 Å². The Morgan fingerprint density at radius 3 is 2.53 bits per heavy atom. The van der Waals surface area contributed by atoms with E-state index in [0.717, 1.165) is 35.1 Å². The summed E-state index contributed by atoms with van der Waals surface area (Å²) in [6.07, 6.45) is 4.43. The van der Waals surface area contributed by atoms with Crippen LogP contribution in [0.2, 0.25) is 10.0 Å². The largest absolute Gasteiger partial charge is 0.313 e. The molecule has 1 heterocycles. The first-order chi connectivity index (χ1) is 7.27. The van der Waals surface area contributed by atoms with Gasteiger partial charge in [-0.15, -0.1) is 0 Å². The monoisotopic (exact) mass is 241 g/mol. The molecule has 0 aromatic heterocycles. The Morgan fingerprint density at radius 2 is 1.93 bits per heavy atom. The summed E-state index contributed by atoms with van der Waals surface area (Å²) in [6.45, 7) is 2.05. The van der Waals surface area contributed by atoms with Crippen LogP contribution in [0.3, 0.4) is 0 Å². The summed E-state index contributed by atoms with van der Waals surface area (Å²) in [5.41, 5.74) is 2.32. The van der Waals surface area contributed by atoms with Crippen LogP contribution in [0.5, 0.6) is 0 Å². The van der Waals surface area contributed by atoms with Gasteiger partial charge in [0.2, 0.25) is 0 Å². The van der Waals surface area contributed by atoms with E-state index in [0.29, 0.717) is 0 Å². The van der Waals surface area contributed by atoms with Crippen LogP contribution in [-0.4, -0.2) is 13.1 Å². The van der Waals surface area contributed by atoms with Crippen LogP contribution < -0.4 is 5.32 Å². The molecule has 1 saturated heterocycles. The first-order valence-corrected chi connectivity index (χ1v) is 5.87. The van der Waals surface area contributed by atoms with Crippen LogP contribution in [0.25, 0.3) is 6.08 Å². The molecular weight excluding hydrogens is 229 g/mol. The van der Waals surface area contributed by atoms with Gasteiger partial charge < -0.3 is 5.32 Å². The maximum atomic E-state index is 6.10. The molecule has 15 heavy (non-hydrogen) atoms. The zero-order valence-electron chi connectivity index (χ0n) is 8.39. The molecule has 1 aliphatic rings. The van der Waals surface area contributed by atoms with E-state index >= 15 is 0 Å². The molecule has 0 amide bonds. The molecule has 3 heteroatoms. The number of halogens is 2. The lowest BCUT2D eigenvalue weighted by Gasteiger charge is -2.15. The summed E-state index contributed by atoms with van der Waals surface area (Å²) >= 11 is 12.2. The molecule has 2 rings (SSSR count). The van der Waals surface area contributed by atoms with Gasteiger partial charge in [-0.1, -0.05) is 40.9 Å². The van der Waals surface area contributed by atoms with Crippen molar-refractivity contribution in [3.8, 4) is 0 Å². The highest BCUT2D eigenvalue weighted by atomic mass is 35.5. The molecule has 1 aromatic carbocycles. The third-order valence-electron chi connectivity index (χ3n) is 2.55. The molecule has 0 saturated carbocycles. The minimum atomic E-state index is 0.723. The standard InChI is InChI=1S/C12H13Cl2N/c13-11-4-1-5-12(14)10(11)7-9-3-2-6-15-8-9/h1,4-5,7,15H,2-3,6,8H2. The lowest BCUT2D eigenvalue weighted by Crippen LogP contribution is -2.23. The van der Waals surface area contributed by atoms with Gasteiger partial charge in [-0.3, -0.25) is 0 Å². The maximum Gasteiger partial charge on any atom is 0.0493 e. The summed E-state index contributed by atoms with van der Waals surface area (Å²) in [5, 5.41) is 4.79. The van der Waals surface area contributed by atoms with E-state index < -0.39 is 0 Å². The van der Waals surface area contributed by atoms with Crippen molar-refractivity contribution in [3.05, 3.63) is 39.4 Å². The van der Waals surface area contributed by atoms with E-state index in [4.69, 9.17) is 23.2 Å². The average molecular weight is 242 g/mol. The molecule has 0 aliphatic carbocycles. The third-order valence-corrected chi connectivity index (χ3v) is 3.21. The summed E-state index contributed by atoms with van der Waals surface area (Å²) in [7, 11) is 0. The smallest absolute Gasteiger partial charge is 0.0493 e. The fourth-order valence-corrected chi connectivity index (χ4v) is 2.26. The van der Waals surface area contributed by atoms with Gasteiger partial charge in [0.05, 0.1) is 0 Å². The lowest BCUT2D eigenvalue weighted by molar-refractivity contribution is 0.613. The first-order valence-electron chi connectivity index (χ1n) is 5.11. The van der Waals surface area contributed by atoms with Gasteiger partial charge in [-0.25, -0.2) is 0 Å². The molecule has 1 fully saturated rings. The van der Waals surface area contributed by atoms with Crippen LogP contribution in [0.1, 0.15) is 18.4 Å². The molecule has 1 N–H and O–H groups in total. The first kappa shape index (κ1) is 11.0. The number of nitrogens with one attached hydrogen (secondary N) is 1. The zero-order valence-corrected chi connectivity index (χ0v) is 9.91. The molecule has 1 nitrogen and oxygen atoms in total. The van der Waals surface area contributed by atoms with Crippen LogP contribution in [0.4, 0.5) is 0 Å². The highest BCUT2D eigenvalue weighted by molar-refractivity contribution is 6.37. The van der Waals surface area contributed by atoms with Gasteiger partial charge in [-0.05, 0) is 31.5 Å². The van der Waals surface area contributed by atoms with Gasteiger partial charge >= 0.3 is 0 Å². The molecular formula is C12H13Cl2N. The van der Waals surface area contributed by atoms with Gasteiger partial charge in [-0.2, -0.15) is 0 Å². The van der Waals surface area contributed by atoms with E-state index in [2.05, 4.69) is 11.4 Å². The van der Waals surface area contributed by atoms with Crippen LogP contribution in [0.15, 0.2) is 23.8 Å². The van der Waals surface area contributed by atoms with Crippen molar-refractivity contribution in [2.24, 2.45) is 0 Å².